The van der Waals surface area contributed by atoms with E-state index in [0.29, 0.717) is 39.2 Å². The van der Waals surface area contributed by atoms with Crippen molar-refractivity contribution in [2.75, 3.05) is 0 Å². The van der Waals surface area contributed by atoms with Crippen LogP contribution in [0.2, 0.25) is 0 Å². The number of carbonyl (C=O) groups is 2. The Balaban J connectivity index is 1.33. The molecule has 13 heteroatoms. The van der Waals surface area contributed by atoms with Crippen LogP contribution in [0.3, 0.4) is 0 Å². The molecule has 0 spiro atoms. The summed E-state index contributed by atoms with van der Waals surface area (Å²) in [7, 11) is 0. The van der Waals surface area contributed by atoms with Gasteiger partial charge in [0.25, 0.3) is 5.91 Å². The summed E-state index contributed by atoms with van der Waals surface area (Å²) in [6, 6.07) is 22.6. The van der Waals surface area contributed by atoms with Crippen LogP contribution in [0.1, 0.15) is 28.1 Å². The highest BCUT2D eigenvalue weighted by atomic mass is 19.4. The quantitative estimate of drug-likeness (QED) is 0.167. The summed E-state index contributed by atoms with van der Waals surface area (Å²) in [6.07, 6.45) is -3.65. The third kappa shape index (κ3) is 5.80. The number of hydrogen-bond acceptors (Lipinski definition) is 8. The number of nitrogens with two attached hydrogens (primary N) is 1. The SMILES string of the molecule is NC(OC(=O)C(F)(F)F)c1ccc(-c2nc3ccnc(C(=O)NCc4nc5ncccc5[nH]4)c3cc2-c2ccccc2)cc1. The number of imidazole rings is 1. The van der Waals surface area contributed by atoms with Crippen molar-refractivity contribution < 1.29 is 27.5 Å². The van der Waals surface area contributed by atoms with E-state index >= 15 is 0 Å². The molecule has 1 amide bonds. The highest BCUT2D eigenvalue weighted by Crippen LogP contribution is 2.34. The number of ether oxygens (including phenoxy) is 1. The van der Waals surface area contributed by atoms with Crippen molar-refractivity contribution in [3.63, 3.8) is 0 Å². The number of fused-ring (bicyclic) bond motifs is 2. The van der Waals surface area contributed by atoms with E-state index in [1.807, 2.05) is 42.5 Å². The number of aromatic amines is 1. The Labute approximate surface area is 247 Å². The van der Waals surface area contributed by atoms with Gasteiger partial charge in [-0.05, 0) is 29.8 Å². The molecule has 44 heavy (non-hydrogen) atoms. The molecule has 2 aromatic carbocycles. The first-order valence-corrected chi connectivity index (χ1v) is 13.2. The van der Waals surface area contributed by atoms with Crippen molar-refractivity contribution in [3.05, 3.63) is 108 Å². The number of H-pyrrole nitrogens is 1. The van der Waals surface area contributed by atoms with Gasteiger partial charge in [0.1, 0.15) is 11.5 Å². The van der Waals surface area contributed by atoms with Crippen LogP contribution >= 0.6 is 0 Å². The minimum atomic E-state index is -5.16. The Bertz CT molecular complexity index is 1960. The number of rotatable bonds is 7. The minimum absolute atomic E-state index is 0.122. The van der Waals surface area contributed by atoms with E-state index in [2.05, 4.69) is 30.0 Å². The van der Waals surface area contributed by atoms with Crippen LogP contribution in [0, 0.1) is 0 Å². The smallest absolute Gasteiger partial charge is 0.436 e. The molecule has 0 saturated heterocycles. The number of pyridine rings is 3. The van der Waals surface area contributed by atoms with Crippen LogP contribution < -0.4 is 11.1 Å². The van der Waals surface area contributed by atoms with Crippen LogP contribution in [0.25, 0.3) is 44.5 Å². The number of hydrogen-bond donors (Lipinski definition) is 3. The first-order chi connectivity index (χ1) is 21.2. The van der Waals surface area contributed by atoms with Gasteiger partial charge in [-0.15, -0.1) is 0 Å². The van der Waals surface area contributed by atoms with Crippen LogP contribution in [0.5, 0.6) is 0 Å². The zero-order chi connectivity index (χ0) is 30.8. The lowest BCUT2D eigenvalue weighted by atomic mass is 9.96. The predicted octanol–water partition coefficient (Wildman–Crippen LogP) is 5.23. The molecular formula is C31H22F3N7O3. The normalized spacial score (nSPS) is 12.3. The Morgan fingerprint density at radius 1 is 0.909 bits per heavy atom. The lowest BCUT2D eigenvalue weighted by Crippen LogP contribution is -2.29. The van der Waals surface area contributed by atoms with E-state index in [9.17, 15) is 22.8 Å². The van der Waals surface area contributed by atoms with Gasteiger partial charge in [0.2, 0.25) is 0 Å². The predicted molar refractivity (Wildman–Crippen MR) is 155 cm³/mol. The van der Waals surface area contributed by atoms with Gasteiger partial charge < -0.3 is 15.0 Å². The second-order valence-electron chi connectivity index (χ2n) is 9.66. The Morgan fingerprint density at radius 2 is 1.68 bits per heavy atom. The standard InChI is InChI=1S/C31H22F3N7O3/c32-31(33,34)30(43)44-27(35)19-10-8-18(9-11-19)25-20(17-5-2-1-3-6-17)15-21-22(40-25)12-14-36-26(21)29(42)38-16-24-39-23-7-4-13-37-28(23)41-24/h1-15,27H,16,35H2,(H,38,42)(H,37,39,41). The average molecular weight is 598 g/mol. The van der Waals surface area contributed by atoms with Gasteiger partial charge in [-0.3, -0.25) is 15.5 Å². The molecule has 0 aliphatic heterocycles. The number of amides is 1. The zero-order valence-corrected chi connectivity index (χ0v) is 22.7. The highest BCUT2D eigenvalue weighted by molar-refractivity contribution is 6.06. The second-order valence-corrected chi connectivity index (χ2v) is 9.66. The molecule has 4 heterocycles. The largest absolute Gasteiger partial charge is 0.490 e. The topological polar surface area (TPSA) is 149 Å². The van der Waals surface area contributed by atoms with Crippen molar-refractivity contribution in [2.45, 2.75) is 18.9 Å². The lowest BCUT2D eigenvalue weighted by molar-refractivity contribution is -0.205. The summed E-state index contributed by atoms with van der Waals surface area (Å²) >= 11 is 0. The summed E-state index contributed by atoms with van der Waals surface area (Å²) in [5.41, 5.74) is 10.5. The monoisotopic (exact) mass is 597 g/mol. The number of halogens is 3. The van der Waals surface area contributed by atoms with Crippen LogP contribution in [0.15, 0.2) is 91.3 Å². The molecule has 220 valence electrons. The van der Waals surface area contributed by atoms with Gasteiger partial charge in [0.05, 0.1) is 23.3 Å². The molecule has 6 rings (SSSR count). The third-order valence-electron chi connectivity index (χ3n) is 6.74. The lowest BCUT2D eigenvalue weighted by Gasteiger charge is -2.16. The molecule has 0 fully saturated rings. The molecule has 0 radical (unpaired) electrons. The van der Waals surface area contributed by atoms with E-state index < -0.39 is 24.3 Å². The van der Waals surface area contributed by atoms with E-state index in [1.54, 1.807) is 30.5 Å². The number of esters is 1. The Kier molecular flexibility index (Phi) is 7.45. The third-order valence-corrected chi connectivity index (χ3v) is 6.74. The fourth-order valence-electron chi connectivity index (χ4n) is 4.64. The number of benzene rings is 2. The van der Waals surface area contributed by atoms with Crippen molar-refractivity contribution in [1.82, 2.24) is 30.2 Å². The molecule has 0 saturated carbocycles. The number of carbonyl (C=O) groups excluding carboxylic acids is 2. The van der Waals surface area contributed by atoms with Crippen LogP contribution in [0.4, 0.5) is 13.2 Å². The van der Waals surface area contributed by atoms with E-state index in [4.69, 9.17) is 10.7 Å². The fourth-order valence-corrected chi connectivity index (χ4v) is 4.64. The molecule has 0 aliphatic rings. The highest BCUT2D eigenvalue weighted by Gasteiger charge is 2.42. The molecule has 0 bridgehead atoms. The van der Waals surface area contributed by atoms with Gasteiger partial charge in [-0.25, -0.2) is 19.7 Å². The summed E-state index contributed by atoms with van der Waals surface area (Å²) in [4.78, 5) is 45.4. The number of nitrogens with one attached hydrogen (secondary N) is 2. The van der Waals surface area contributed by atoms with Crippen LogP contribution in [-0.2, 0) is 16.1 Å². The summed E-state index contributed by atoms with van der Waals surface area (Å²) in [5.74, 6) is -2.27. The first-order valence-electron chi connectivity index (χ1n) is 13.2. The maximum atomic E-state index is 13.3. The van der Waals surface area contributed by atoms with Gasteiger partial charge in [-0.2, -0.15) is 13.2 Å². The molecular weight excluding hydrogens is 575 g/mol. The van der Waals surface area contributed by atoms with E-state index in [-0.39, 0.29) is 17.8 Å². The van der Waals surface area contributed by atoms with Gasteiger partial charge in [0.15, 0.2) is 11.9 Å². The molecule has 6 aromatic rings. The Hall–Kier alpha value is -5.69. The summed E-state index contributed by atoms with van der Waals surface area (Å²) in [6.45, 7) is 0.122. The molecule has 10 nitrogen and oxygen atoms in total. The Morgan fingerprint density at radius 3 is 2.41 bits per heavy atom. The minimum Gasteiger partial charge on any atom is -0.436 e. The number of alkyl halides is 3. The first kappa shape index (κ1) is 28.4. The van der Waals surface area contributed by atoms with Gasteiger partial charge in [-0.1, -0.05) is 54.6 Å². The van der Waals surface area contributed by atoms with Crippen molar-refractivity contribution in [3.8, 4) is 22.4 Å². The molecule has 4 N–H and O–H groups in total. The van der Waals surface area contributed by atoms with Gasteiger partial charge >= 0.3 is 12.1 Å². The molecule has 1 atom stereocenters. The zero-order valence-electron chi connectivity index (χ0n) is 22.7. The molecule has 0 aliphatic carbocycles. The summed E-state index contributed by atoms with van der Waals surface area (Å²) in [5, 5.41) is 3.36. The van der Waals surface area contributed by atoms with Crippen molar-refractivity contribution in [2.24, 2.45) is 5.73 Å². The van der Waals surface area contributed by atoms with Crippen molar-refractivity contribution >= 4 is 33.9 Å². The number of nitrogens with zero attached hydrogens (tertiary/aromatic N) is 4. The maximum Gasteiger partial charge on any atom is 0.490 e. The van der Waals surface area contributed by atoms with E-state index in [0.717, 1.165) is 11.1 Å². The number of aromatic nitrogens is 5. The average Bonchev–Trinajstić information content (AvgIpc) is 3.46. The summed E-state index contributed by atoms with van der Waals surface area (Å²) < 4.78 is 42.2. The molecule has 4 aromatic heterocycles. The maximum absolute atomic E-state index is 13.3. The van der Waals surface area contributed by atoms with Crippen molar-refractivity contribution in [1.29, 1.82) is 0 Å². The second kappa shape index (κ2) is 11.5. The van der Waals surface area contributed by atoms with Gasteiger partial charge in [0, 0.05) is 34.5 Å². The molecule has 1 unspecified atom stereocenters. The van der Waals surface area contributed by atoms with Crippen LogP contribution in [-0.4, -0.2) is 43.0 Å². The fraction of sp³-hybridized carbons (Fsp3) is 0.0968. The van der Waals surface area contributed by atoms with E-state index in [1.165, 1.54) is 18.3 Å².